The van der Waals surface area contributed by atoms with E-state index in [2.05, 4.69) is 4.98 Å². The summed E-state index contributed by atoms with van der Waals surface area (Å²) >= 11 is 0. The van der Waals surface area contributed by atoms with Crippen molar-refractivity contribution in [3.05, 3.63) is 53.6 Å². The van der Waals surface area contributed by atoms with Gasteiger partial charge in [0.25, 0.3) is 0 Å². The summed E-state index contributed by atoms with van der Waals surface area (Å²) in [4.78, 5) is 4.64. The number of aromatic hydroxyl groups is 1. The van der Waals surface area contributed by atoms with E-state index < -0.39 is 9.84 Å². The lowest BCUT2D eigenvalue weighted by molar-refractivity contribution is 0.318. The Morgan fingerprint density at radius 2 is 1.92 bits per heavy atom. The van der Waals surface area contributed by atoms with Crippen molar-refractivity contribution >= 4 is 20.7 Å². The van der Waals surface area contributed by atoms with E-state index in [1.807, 2.05) is 38.1 Å². The highest BCUT2D eigenvalue weighted by Crippen LogP contribution is 2.37. The zero-order valence-corrected chi connectivity index (χ0v) is 15.8. The normalized spacial score (nSPS) is 11.7. The molecule has 0 spiro atoms. The zero-order chi connectivity index (χ0) is 18.9. The molecule has 136 valence electrons. The van der Waals surface area contributed by atoms with E-state index in [1.165, 1.54) is 6.26 Å². The molecule has 1 aromatic heterocycles. The van der Waals surface area contributed by atoms with Gasteiger partial charge in [0.1, 0.15) is 0 Å². The average molecular weight is 371 g/mol. The third-order valence-corrected chi connectivity index (χ3v) is 4.94. The zero-order valence-electron chi connectivity index (χ0n) is 15.0. The van der Waals surface area contributed by atoms with Crippen molar-refractivity contribution in [3.63, 3.8) is 0 Å². The molecule has 3 rings (SSSR count). The van der Waals surface area contributed by atoms with Gasteiger partial charge in [0, 0.05) is 17.2 Å². The first kappa shape index (κ1) is 18.2. The van der Waals surface area contributed by atoms with Crippen LogP contribution in [0.1, 0.15) is 18.1 Å². The SMILES string of the molecule is CCOc1cccc(-c2cc(C)c3cc(CS(C)(=O)=O)ccc3n2)c1O. The summed E-state index contributed by atoms with van der Waals surface area (Å²) in [5.41, 5.74) is 3.69. The monoisotopic (exact) mass is 371 g/mol. The maximum atomic E-state index is 11.5. The van der Waals surface area contributed by atoms with Crippen molar-refractivity contribution < 1.29 is 18.3 Å². The summed E-state index contributed by atoms with van der Waals surface area (Å²) in [6.07, 6.45) is 1.22. The summed E-state index contributed by atoms with van der Waals surface area (Å²) < 4.78 is 28.5. The Kier molecular flexibility index (Phi) is 4.87. The second-order valence-electron chi connectivity index (χ2n) is 6.33. The number of phenols is 1. The number of aromatic nitrogens is 1. The van der Waals surface area contributed by atoms with E-state index in [9.17, 15) is 13.5 Å². The molecule has 1 heterocycles. The standard InChI is InChI=1S/C20H21NO4S/c1-4-25-19-7-5-6-15(20(19)22)18-10-13(2)16-11-14(12-26(3,23)24)8-9-17(16)21-18/h5-11,22H,4,12H2,1-3H3. The van der Waals surface area contributed by atoms with E-state index in [-0.39, 0.29) is 11.5 Å². The highest BCUT2D eigenvalue weighted by atomic mass is 32.2. The number of sulfone groups is 1. The van der Waals surface area contributed by atoms with Gasteiger partial charge in [0.2, 0.25) is 0 Å². The molecule has 3 aromatic rings. The molecular weight excluding hydrogens is 350 g/mol. The van der Waals surface area contributed by atoms with Crippen molar-refractivity contribution in [3.8, 4) is 22.8 Å². The molecule has 0 aliphatic heterocycles. The molecule has 0 amide bonds. The van der Waals surface area contributed by atoms with Gasteiger partial charge >= 0.3 is 0 Å². The minimum atomic E-state index is -3.09. The fourth-order valence-electron chi connectivity index (χ4n) is 2.97. The number of pyridine rings is 1. The van der Waals surface area contributed by atoms with Crippen molar-refractivity contribution in [2.45, 2.75) is 19.6 Å². The first-order valence-corrected chi connectivity index (χ1v) is 10.4. The Bertz CT molecular complexity index is 1070. The van der Waals surface area contributed by atoms with Crippen LogP contribution in [0.4, 0.5) is 0 Å². The highest BCUT2D eigenvalue weighted by Gasteiger charge is 2.13. The summed E-state index contributed by atoms with van der Waals surface area (Å²) in [6, 6.07) is 12.7. The van der Waals surface area contributed by atoms with Gasteiger partial charge in [-0.05, 0) is 55.3 Å². The smallest absolute Gasteiger partial charge is 0.167 e. The first-order valence-electron chi connectivity index (χ1n) is 8.31. The van der Waals surface area contributed by atoms with Crippen LogP contribution in [0.15, 0.2) is 42.5 Å². The van der Waals surface area contributed by atoms with Crippen molar-refractivity contribution in [2.75, 3.05) is 12.9 Å². The number of hydrogen-bond acceptors (Lipinski definition) is 5. The van der Waals surface area contributed by atoms with Crippen LogP contribution >= 0.6 is 0 Å². The second-order valence-corrected chi connectivity index (χ2v) is 8.47. The van der Waals surface area contributed by atoms with Gasteiger partial charge in [-0.15, -0.1) is 0 Å². The number of aryl methyl sites for hydroxylation is 1. The molecule has 0 aliphatic rings. The van der Waals surface area contributed by atoms with E-state index in [4.69, 9.17) is 4.74 Å². The van der Waals surface area contributed by atoms with Crippen LogP contribution in [0.2, 0.25) is 0 Å². The van der Waals surface area contributed by atoms with Crippen LogP contribution in [-0.2, 0) is 15.6 Å². The Labute approximate surface area is 153 Å². The quantitative estimate of drug-likeness (QED) is 0.737. The van der Waals surface area contributed by atoms with E-state index in [1.54, 1.807) is 18.2 Å². The average Bonchev–Trinajstić information content (AvgIpc) is 2.56. The maximum Gasteiger partial charge on any atom is 0.167 e. The Hall–Kier alpha value is -2.60. The lowest BCUT2D eigenvalue weighted by Gasteiger charge is -2.12. The van der Waals surface area contributed by atoms with Crippen LogP contribution in [0.3, 0.4) is 0 Å². The molecule has 0 unspecified atom stereocenters. The Morgan fingerprint density at radius 1 is 1.15 bits per heavy atom. The van der Waals surface area contributed by atoms with Gasteiger partial charge in [-0.25, -0.2) is 13.4 Å². The molecule has 0 bridgehead atoms. The summed E-state index contributed by atoms with van der Waals surface area (Å²) in [6.45, 7) is 4.27. The van der Waals surface area contributed by atoms with Crippen LogP contribution in [0.25, 0.3) is 22.2 Å². The molecule has 2 aromatic carbocycles. The lowest BCUT2D eigenvalue weighted by Crippen LogP contribution is -2.01. The third-order valence-electron chi connectivity index (χ3n) is 4.08. The topological polar surface area (TPSA) is 76.5 Å². The predicted molar refractivity (Wildman–Crippen MR) is 103 cm³/mol. The predicted octanol–water partition coefficient (Wildman–Crippen LogP) is 3.86. The molecule has 1 N–H and O–H groups in total. The maximum absolute atomic E-state index is 11.5. The van der Waals surface area contributed by atoms with Crippen LogP contribution in [0, 0.1) is 6.92 Å². The third kappa shape index (κ3) is 3.80. The van der Waals surface area contributed by atoms with Gasteiger partial charge in [0.15, 0.2) is 21.3 Å². The number of phenolic OH excluding ortho intramolecular Hbond substituents is 1. The molecule has 5 nitrogen and oxygen atoms in total. The Balaban J connectivity index is 2.10. The molecule has 0 radical (unpaired) electrons. The number of fused-ring (bicyclic) bond motifs is 1. The van der Waals surface area contributed by atoms with Crippen LogP contribution < -0.4 is 4.74 Å². The number of benzene rings is 2. The van der Waals surface area contributed by atoms with Gasteiger partial charge in [-0.3, -0.25) is 0 Å². The van der Waals surface area contributed by atoms with Crippen molar-refractivity contribution in [2.24, 2.45) is 0 Å². The van der Waals surface area contributed by atoms with Gasteiger partial charge in [-0.2, -0.15) is 0 Å². The minimum absolute atomic E-state index is 0.00131. The van der Waals surface area contributed by atoms with Crippen LogP contribution in [0.5, 0.6) is 11.5 Å². The molecule has 0 saturated heterocycles. The molecule has 0 atom stereocenters. The highest BCUT2D eigenvalue weighted by molar-refractivity contribution is 7.89. The minimum Gasteiger partial charge on any atom is -0.504 e. The van der Waals surface area contributed by atoms with Gasteiger partial charge in [-0.1, -0.05) is 12.1 Å². The summed E-state index contributed by atoms with van der Waals surface area (Å²) in [5.74, 6) is 0.490. The summed E-state index contributed by atoms with van der Waals surface area (Å²) in [7, 11) is -3.09. The molecule has 6 heteroatoms. The first-order chi connectivity index (χ1) is 12.3. The largest absolute Gasteiger partial charge is 0.504 e. The Morgan fingerprint density at radius 3 is 2.62 bits per heavy atom. The van der Waals surface area contributed by atoms with E-state index >= 15 is 0 Å². The number of para-hydroxylation sites is 1. The molecule has 0 fully saturated rings. The molecule has 0 aliphatic carbocycles. The summed E-state index contributed by atoms with van der Waals surface area (Å²) in [5, 5.41) is 11.4. The number of nitrogens with zero attached hydrogens (tertiary/aromatic N) is 1. The molecule has 0 saturated carbocycles. The number of hydrogen-bond donors (Lipinski definition) is 1. The van der Waals surface area contributed by atoms with Crippen molar-refractivity contribution in [1.82, 2.24) is 4.98 Å². The van der Waals surface area contributed by atoms with Gasteiger partial charge < -0.3 is 9.84 Å². The molecule has 26 heavy (non-hydrogen) atoms. The number of rotatable bonds is 5. The van der Waals surface area contributed by atoms with Crippen molar-refractivity contribution in [1.29, 1.82) is 0 Å². The molecular formula is C20H21NO4S. The second kappa shape index (κ2) is 6.96. The van der Waals surface area contributed by atoms with Gasteiger partial charge in [0.05, 0.1) is 23.6 Å². The number of ether oxygens (including phenoxy) is 1. The fraction of sp³-hybridized carbons (Fsp3) is 0.250. The van der Waals surface area contributed by atoms with Crippen LogP contribution in [-0.4, -0.2) is 31.4 Å². The van der Waals surface area contributed by atoms with E-state index in [0.717, 1.165) is 22.0 Å². The lowest BCUT2D eigenvalue weighted by atomic mass is 10.0. The van der Waals surface area contributed by atoms with E-state index in [0.29, 0.717) is 23.6 Å². The fourth-order valence-corrected chi connectivity index (χ4v) is 3.76.